The Kier molecular flexibility index (Phi) is 4.57. The van der Waals surface area contributed by atoms with Gasteiger partial charge in [0.15, 0.2) is 28.8 Å². The second kappa shape index (κ2) is 6.58. The number of oxime groups is 1. The number of nitrogens with two attached hydrogens (primary N) is 1. The lowest BCUT2D eigenvalue weighted by atomic mass is 10.2. The lowest BCUT2D eigenvalue weighted by Crippen LogP contribution is -2.16. The molecule has 0 radical (unpaired) electrons. The molecule has 1 heterocycles. The molecule has 0 aliphatic carbocycles. The molecule has 0 bridgehead atoms. The van der Waals surface area contributed by atoms with Crippen molar-refractivity contribution in [3.8, 4) is 17.2 Å². The molecule has 2 rings (SSSR count). The first-order valence-electron chi connectivity index (χ1n) is 6.08. The topological polar surface area (TPSA) is 110 Å². The average molecular weight is 289 g/mol. The van der Waals surface area contributed by atoms with E-state index in [4.69, 9.17) is 25.5 Å². The van der Waals surface area contributed by atoms with Crippen LogP contribution in [0.4, 0.5) is 0 Å². The maximum Gasteiger partial charge on any atom is 0.192 e. The van der Waals surface area contributed by atoms with Crippen LogP contribution in [-0.2, 0) is 6.61 Å². The molecule has 0 spiro atoms. The quantitative estimate of drug-likeness (QED) is 0.333. The van der Waals surface area contributed by atoms with Gasteiger partial charge >= 0.3 is 0 Å². The zero-order valence-corrected chi connectivity index (χ0v) is 11.4. The molecule has 0 unspecified atom stereocenters. The van der Waals surface area contributed by atoms with Gasteiger partial charge in [-0.15, -0.1) is 0 Å². The molecule has 0 aliphatic heterocycles. The van der Waals surface area contributed by atoms with Crippen molar-refractivity contribution in [3.05, 3.63) is 47.8 Å². The number of pyridine rings is 1. The summed E-state index contributed by atoms with van der Waals surface area (Å²) in [5.74, 6) is 1.05. The van der Waals surface area contributed by atoms with E-state index in [9.17, 15) is 0 Å². The molecular formula is C14H15N3O4. The number of hydrogen-bond acceptors (Lipinski definition) is 6. The van der Waals surface area contributed by atoms with Crippen LogP contribution in [-0.4, -0.2) is 28.2 Å². The van der Waals surface area contributed by atoms with Crippen LogP contribution in [0.5, 0.6) is 17.2 Å². The van der Waals surface area contributed by atoms with Crippen molar-refractivity contribution in [2.45, 2.75) is 6.61 Å². The number of hydrogen-bond donors (Lipinski definition) is 3. The lowest BCUT2D eigenvalue weighted by molar-refractivity contribution is 0.280. The van der Waals surface area contributed by atoms with Gasteiger partial charge in [-0.2, -0.15) is 0 Å². The van der Waals surface area contributed by atoms with Crippen LogP contribution in [0, 0.1) is 0 Å². The highest BCUT2D eigenvalue weighted by Gasteiger charge is 2.13. The Morgan fingerprint density at radius 2 is 2.10 bits per heavy atom. The first-order valence-corrected chi connectivity index (χ1v) is 6.08. The molecule has 7 heteroatoms. The third-order valence-corrected chi connectivity index (χ3v) is 2.75. The van der Waals surface area contributed by atoms with Gasteiger partial charge in [0.1, 0.15) is 0 Å². The van der Waals surface area contributed by atoms with Crippen molar-refractivity contribution in [1.82, 2.24) is 4.98 Å². The maximum absolute atomic E-state index is 9.12. The van der Waals surface area contributed by atoms with E-state index in [0.717, 1.165) is 0 Å². The van der Waals surface area contributed by atoms with Gasteiger partial charge in [0.05, 0.1) is 13.7 Å². The Balaban J connectivity index is 2.39. The van der Waals surface area contributed by atoms with Crippen LogP contribution in [0.2, 0.25) is 0 Å². The second-order valence-corrected chi connectivity index (χ2v) is 4.08. The monoisotopic (exact) mass is 289 g/mol. The molecule has 1 aromatic carbocycles. The van der Waals surface area contributed by atoms with E-state index in [0.29, 0.717) is 22.8 Å². The maximum atomic E-state index is 9.12. The first-order chi connectivity index (χ1) is 10.2. The highest BCUT2D eigenvalue weighted by atomic mass is 16.5. The highest BCUT2D eigenvalue weighted by Crippen LogP contribution is 2.33. The van der Waals surface area contributed by atoms with E-state index in [1.165, 1.54) is 13.3 Å². The third kappa shape index (κ3) is 3.21. The molecular weight excluding hydrogens is 274 g/mol. The summed E-state index contributed by atoms with van der Waals surface area (Å²) in [6.45, 7) is -0.0983. The van der Waals surface area contributed by atoms with E-state index in [1.807, 2.05) is 0 Å². The number of aromatic nitrogens is 1. The van der Waals surface area contributed by atoms with Crippen molar-refractivity contribution in [1.29, 1.82) is 0 Å². The summed E-state index contributed by atoms with van der Waals surface area (Å²) in [5.41, 5.74) is 6.47. The summed E-state index contributed by atoms with van der Waals surface area (Å²) in [4.78, 5) is 4.01. The molecule has 7 nitrogen and oxygen atoms in total. The fourth-order valence-corrected chi connectivity index (χ4v) is 1.73. The van der Waals surface area contributed by atoms with Gasteiger partial charge in [0.2, 0.25) is 0 Å². The van der Waals surface area contributed by atoms with Crippen molar-refractivity contribution < 1.29 is 19.8 Å². The van der Waals surface area contributed by atoms with Gasteiger partial charge in [-0.3, -0.25) is 0 Å². The zero-order chi connectivity index (χ0) is 15.2. The summed E-state index contributed by atoms with van der Waals surface area (Å²) in [6, 6.07) is 8.33. The number of methoxy groups -OCH3 is 1. The Morgan fingerprint density at radius 3 is 2.76 bits per heavy atom. The minimum Gasteiger partial charge on any atom is -0.493 e. The van der Waals surface area contributed by atoms with Crippen LogP contribution in [0.3, 0.4) is 0 Å². The van der Waals surface area contributed by atoms with Crippen LogP contribution in [0.15, 0.2) is 41.7 Å². The molecule has 0 amide bonds. The summed E-state index contributed by atoms with van der Waals surface area (Å²) >= 11 is 0. The number of aliphatic hydroxyl groups is 1. The summed E-state index contributed by atoms with van der Waals surface area (Å²) < 4.78 is 10.9. The van der Waals surface area contributed by atoms with E-state index < -0.39 is 0 Å². The fraction of sp³-hybridized carbons (Fsp3) is 0.143. The van der Waals surface area contributed by atoms with Crippen molar-refractivity contribution in [2.24, 2.45) is 10.9 Å². The largest absolute Gasteiger partial charge is 0.493 e. The fourth-order valence-electron chi connectivity index (χ4n) is 1.73. The van der Waals surface area contributed by atoms with Crippen LogP contribution < -0.4 is 15.2 Å². The van der Waals surface area contributed by atoms with Crippen LogP contribution >= 0.6 is 0 Å². The normalized spacial score (nSPS) is 11.2. The van der Waals surface area contributed by atoms with Crippen molar-refractivity contribution in [2.75, 3.05) is 7.11 Å². The van der Waals surface area contributed by atoms with Gasteiger partial charge in [-0.25, -0.2) is 4.98 Å². The Labute approximate surface area is 121 Å². The van der Waals surface area contributed by atoms with Gasteiger partial charge < -0.3 is 25.5 Å². The van der Waals surface area contributed by atoms with Gasteiger partial charge in [0.25, 0.3) is 0 Å². The molecule has 0 fully saturated rings. The SMILES string of the molecule is COc1cc(CO)ccc1Oc1cccnc1/C(N)=N/O. The Hall–Kier alpha value is -2.80. The minimum absolute atomic E-state index is 0.0983. The molecule has 2 aromatic rings. The molecule has 0 atom stereocenters. The molecule has 4 N–H and O–H groups in total. The molecule has 0 saturated heterocycles. The number of nitrogens with zero attached hydrogens (tertiary/aromatic N) is 2. The van der Waals surface area contributed by atoms with Gasteiger partial charge in [-0.1, -0.05) is 11.2 Å². The predicted molar refractivity (Wildman–Crippen MR) is 75.7 cm³/mol. The Bertz CT molecular complexity index is 658. The molecule has 21 heavy (non-hydrogen) atoms. The lowest BCUT2D eigenvalue weighted by Gasteiger charge is -2.13. The van der Waals surface area contributed by atoms with E-state index in [-0.39, 0.29) is 18.1 Å². The molecule has 1 aromatic heterocycles. The van der Waals surface area contributed by atoms with E-state index >= 15 is 0 Å². The number of benzene rings is 1. The minimum atomic E-state index is -0.156. The molecule has 0 saturated carbocycles. The number of aliphatic hydroxyl groups excluding tert-OH is 1. The third-order valence-electron chi connectivity index (χ3n) is 2.75. The van der Waals surface area contributed by atoms with Crippen LogP contribution in [0.1, 0.15) is 11.3 Å². The van der Waals surface area contributed by atoms with Crippen molar-refractivity contribution in [3.63, 3.8) is 0 Å². The van der Waals surface area contributed by atoms with Gasteiger partial charge in [0, 0.05) is 6.20 Å². The second-order valence-electron chi connectivity index (χ2n) is 4.08. The Morgan fingerprint density at radius 1 is 1.29 bits per heavy atom. The molecule has 110 valence electrons. The zero-order valence-electron chi connectivity index (χ0n) is 11.4. The van der Waals surface area contributed by atoms with Gasteiger partial charge in [-0.05, 0) is 29.8 Å². The summed E-state index contributed by atoms with van der Waals surface area (Å²) in [5, 5.41) is 20.8. The van der Waals surface area contributed by atoms with E-state index in [2.05, 4.69) is 10.1 Å². The number of ether oxygens (including phenoxy) is 2. The average Bonchev–Trinajstić information content (AvgIpc) is 2.55. The summed E-state index contributed by atoms with van der Waals surface area (Å²) in [7, 11) is 1.50. The highest BCUT2D eigenvalue weighted by molar-refractivity contribution is 5.97. The predicted octanol–water partition coefficient (Wildman–Crippen LogP) is 1.47. The smallest absolute Gasteiger partial charge is 0.192 e. The standard InChI is InChI=1S/C14H15N3O4/c1-20-12-7-9(8-18)4-5-10(12)21-11-3-2-6-16-13(11)14(15)17-19/h2-7,18-19H,8H2,1H3,(H2,15,17). The number of amidine groups is 1. The van der Waals surface area contributed by atoms with Crippen molar-refractivity contribution >= 4 is 5.84 Å². The number of rotatable bonds is 5. The van der Waals surface area contributed by atoms with E-state index in [1.54, 1.807) is 30.3 Å². The van der Waals surface area contributed by atoms with Crippen LogP contribution in [0.25, 0.3) is 0 Å². The molecule has 0 aliphatic rings. The first kappa shape index (κ1) is 14.6. The summed E-state index contributed by atoms with van der Waals surface area (Å²) in [6.07, 6.45) is 1.51.